The van der Waals surface area contributed by atoms with Gasteiger partial charge in [-0.05, 0) is 58.2 Å². The molecule has 0 bridgehead atoms. The Morgan fingerprint density at radius 2 is 2.17 bits per heavy atom. The molecule has 1 aromatic carbocycles. The molecule has 0 amide bonds. The van der Waals surface area contributed by atoms with Crippen molar-refractivity contribution in [1.82, 2.24) is 4.98 Å². The monoisotopic (exact) mass is 328 g/mol. The standard InChI is InChI=1S/C13H11BrClFN2/c1-8-4-11(15)9(5-12(8)16)6-17-13-3-2-10(14)7-18-13/h2-5,7H,6H2,1H3,(H,17,18). The van der Waals surface area contributed by atoms with Gasteiger partial charge in [0.05, 0.1) is 0 Å². The lowest BCUT2D eigenvalue weighted by atomic mass is 10.1. The predicted molar refractivity (Wildman–Crippen MR) is 75.4 cm³/mol. The van der Waals surface area contributed by atoms with Crippen LogP contribution in [0, 0.1) is 12.7 Å². The highest BCUT2D eigenvalue weighted by molar-refractivity contribution is 9.10. The third-order valence-corrected chi connectivity index (χ3v) is 3.34. The molecule has 0 aliphatic heterocycles. The second-order valence-corrected chi connectivity index (χ2v) is 5.23. The van der Waals surface area contributed by atoms with E-state index in [2.05, 4.69) is 26.2 Å². The fourth-order valence-corrected chi connectivity index (χ4v) is 2.01. The van der Waals surface area contributed by atoms with Crippen molar-refractivity contribution in [1.29, 1.82) is 0 Å². The lowest BCUT2D eigenvalue weighted by molar-refractivity contribution is 0.616. The summed E-state index contributed by atoms with van der Waals surface area (Å²) in [7, 11) is 0. The fraction of sp³-hybridized carbons (Fsp3) is 0.154. The van der Waals surface area contributed by atoms with Crippen LogP contribution in [-0.4, -0.2) is 4.98 Å². The van der Waals surface area contributed by atoms with Crippen LogP contribution in [0.25, 0.3) is 0 Å². The molecule has 1 heterocycles. The maximum atomic E-state index is 13.4. The molecule has 0 fully saturated rings. The summed E-state index contributed by atoms with van der Waals surface area (Å²) >= 11 is 9.37. The highest BCUT2D eigenvalue weighted by Gasteiger charge is 2.05. The first-order chi connectivity index (χ1) is 8.56. The fourth-order valence-electron chi connectivity index (χ4n) is 1.49. The Kier molecular flexibility index (Phi) is 4.19. The van der Waals surface area contributed by atoms with Gasteiger partial charge in [0.15, 0.2) is 0 Å². The van der Waals surface area contributed by atoms with Crippen LogP contribution in [0.5, 0.6) is 0 Å². The molecule has 2 rings (SSSR count). The van der Waals surface area contributed by atoms with Gasteiger partial charge >= 0.3 is 0 Å². The van der Waals surface area contributed by atoms with Crippen LogP contribution in [0.1, 0.15) is 11.1 Å². The smallest absolute Gasteiger partial charge is 0.126 e. The number of pyridine rings is 1. The normalized spacial score (nSPS) is 10.4. The van der Waals surface area contributed by atoms with Crippen LogP contribution in [0.4, 0.5) is 10.2 Å². The van der Waals surface area contributed by atoms with E-state index in [1.807, 2.05) is 12.1 Å². The Hall–Kier alpha value is -1.13. The molecule has 0 radical (unpaired) electrons. The van der Waals surface area contributed by atoms with Gasteiger partial charge in [-0.2, -0.15) is 0 Å². The lowest BCUT2D eigenvalue weighted by Gasteiger charge is -2.09. The quantitative estimate of drug-likeness (QED) is 0.893. The molecule has 5 heteroatoms. The zero-order valence-corrected chi connectivity index (χ0v) is 12.0. The summed E-state index contributed by atoms with van der Waals surface area (Å²) in [6, 6.07) is 6.79. The van der Waals surface area contributed by atoms with E-state index in [1.54, 1.807) is 19.2 Å². The van der Waals surface area contributed by atoms with Crippen LogP contribution >= 0.6 is 27.5 Å². The third-order valence-electron chi connectivity index (χ3n) is 2.52. The number of halogens is 3. The minimum Gasteiger partial charge on any atom is -0.366 e. The van der Waals surface area contributed by atoms with Crippen molar-refractivity contribution in [3.8, 4) is 0 Å². The van der Waals surface area contributed by atoms with Crippen molar-refractivity contribution in [3.63, 3.8) is 0 Å². The van der Waals surface area contributed by atoms with E-state index in [-0.39, 0.29) is 5.82 Å². The van der Waals surface area contributed by atoms with Crippen LogP contribution in [0.3, 0.4) is 0 Å². The van der Waals surface area contributed by atoms with E-state index in [9.17, 15) is 4.39 Å². The molecule has 0 unspecified atom stereocenters. The number of benzene rings is 1. The second kappa shape index (κ2) is 5.67. The molecule has 18 heavy (non-hydrogen) atoms. The summed E-state index contributed by atoms with van der Waals surface area (Å²) in [6.45, 7) is 2.12. The number of rotatable bonds is 3. The minimum atomic E-state index is -0.250. The third kappa shape index (κ3) is 3.21. The van der Waals surface area contributed by atoms with E-state index in [0.29, 0.717) is 22.7 Å². The average Bonchev–Trinajstić information content (AvgIpc) is 2.34. The molecule has 0 atom stereocenters. The van der Waals surface area contributed by atoms with Crippen LogP contribution in [-0.2, 0) is 6.54 Å². The molecule has 2 nitrogen and oxygen atoms in total. The number of nitrogens with zero attached hydrogens (tertiary/aromatic N) is 1. The molecule has 0 saturated heterocycles. The zero-order chi connectivity index (χ0) is 13.1. The Balaban J connectivity index is 2.10. The van der Waals surface area contributed by atoms with Gasteiger partial charge in [0.2, 0.25) is 0 Å². The van der Waals surface area contributed by atoms with Gasteiger partial charge in [-0.1, -0.05) is 11.6 Å². The zero-order valence-electron chi connectivity index (χ0n) is 9.67. The van der Waals surface area contributed by atoms with Crippen molar-refractivity contribution in [2.75, 3.05) is 5.32 Å². The number of aryl methyl sites for hydroxylation is 1. The van der Waals surface area contributed by atoms with Gasteiger partial charge in [-0.15, -0.1) is 0 Å². The van der Waals surface area contributed by atoms with E-state index < -0.39 is 0 Å². The van der Waals surface area contributed by atoms with E-state index in [1.165, 1.54) is 6.07 Å². The van der Waals surface area contributed by atoms with Gasteiger partial charge in [-0.25, -0.2) is 9.37 Å². The number of aromatic nitrogens is 1. The topological polar surface area (TPSA) is 24.9 Å². The van der Waals surface area contributed by atoms with Gasteiger partial charge in [0.25, 0.3) is 0 Å². The minimum absolute atomic E-state index is 0.250. The molecule has 94 valence electrons. The summed E-state index contributed by atoms with van der Waals surface area (Å²) in [5, 5.41) is 3.65. The number of hydrogen-bond donors (Lipinski definition) is 1. The molecule has 1 N–H and O–H groups in total. The Morgan fingerprint density at radius 1 is 1.39 bits per heavy atom. The molecular formula is C13H11BrClFN2. The van der Waals surface area contributed by atoms with Crippen molar-refractivity contribution >= 4 is 33.3 Å². The van der Waals surface area contributed by atoms with Crippen molar-refractivity contribution < 1.29 is 4.39 Å². The first kappa shape index (κ1) is 13.3. The second-order valence-electron chi connectivity index (χ2n) is 3.91. The van der Waals surface area contributed by atoms with E-state index in [0.717, 1.165) is 10.3 Å². The Labute approximate surface area is 118 Å². The molecular weight excluding hydrogens is 319 g/mol. The molecule has 0 aliphatic rings. The first-order valence-corrected chi connectivity index (χ1v) is 6.53. The Morgan fingerprint density at radius 3 is 2.83 bits per heavy atom. The Bertz CT molecular complexity index is 558. The van der Waals surface area contributed by atoms with Crippen molar-refractivity contribution in [3.05, 3.63) is 56.9 Å². The van der Waals surface area contributed by atoms with Gasteiger partial charge in [0.1, 0.15) is 11.6 Å². The highest BCUT2D eigenvalue weighted by Crippen LogP contribution is 2.21. The van der Waals surface area contributed by atoms with Crippen LogP contribution in [0.2, 0.25) is 5.02 Å². The van der Waals surface area contributed by atoms with Crippen LogP contribution in [0.15, 0.2) is 34.9 Å². The summed E-state index contributed by atoms with van der Waals surface area (Å²) in [5.41, 5.74) is 1.26. The summed E-state index contributed by atoms with van der Waals surface area (Å²) in [4.78, 5) is 4.17. The van der Waals surface area contributed by atoms with Crippen LogP contribution < -0.4 is 5.32 Å². The predicted octanol–water partition coefficient (Wildman–Crippen LogP) is 4.56. The summed E-state index contributed by atoms with van der Waals surface area (Å²) in [6.07, 6.45) is 1.69. The maximum absolute atomic E-state index is 13.4. The summed E-state index contributed by atoms with van der Waals surface area (Å²) in [5.74, 6) is 0.468. The molecule has 0 aliphatic carbocycles. The molecule has 0 spiro atoms. The SMILES string of the molecule is Cc1cc(Cl)c(CNc2ccc(Br)cn2)cc1F. The van der Waals surface area contributed by atoms with Gasteiger partial charge < -0.3 is 5.32 Å². The van der Waals surface area contributed by atoms with Crippen molar-refractivity contribution in [2.24, 2.45) is 0 Å². The lowest BCUT2D eigenvalue weighted by Crippen LogP contribution is -2.02. The van der Waals surface area contributed by atoms with Crippen molar-refractivity contribution in [2.45, 2.75) is 13.5 Å². The average molecular weight is 330 g/mol. The van der Waals surface area contributed by atoms with Gasteiger partial charge in [0, 0.05) is 22.2 Å². The van der Waals surface area contributed by atoms with E-state index in [4.69, 9.17) is 11.6 Å². The first-order valence-electron chi connectivity index (χ1n) is 5.36. The molecule has 1 aromatic heterocycles. The number of anilines is 1. The largest absolute Gasteiger partial charge is 0.366 e. The van der Waals surface area contributed by atoms with E-state index >= 15 is 0 Å². The highest BCUT2D eigenvalue weighted by atomic mass is 79.9. The summed E-state index contributed by atoms with van der Waals surface area (Å²) < 4.78 is 14.3. The number of nitrogens with one attached hydrogen (secondary N) is 1. The molecule has 2 aromatic rings. The van der Waals surface area contributed by atoms with Gasteiger partial charge in [-0.3, -0.25) is 0 Å². The molecule has 0 saturated carbocycles. The maximum Gasteiger partial charge on any atom is 0.126 e. The number of hydrogen-bond acceptors (Lipinski definition) is 2.